The first-order chi connectivity index (χ1) is 17.4. The van der Waals surface area contributed by atoms with Crippen LogP contribution in [0, 0.1) is 6.92 Å². The third-order valence-electron chi connectivity index (χ3n) is 6.56. The molecule has 1 aliphatic heterocycles. The third kappa shape index (κ3) is 4.68. The van der Waals surface area contributed by atoms with Gasteiger partial charge in [-0.1, -0.05) is 19.1 Å². The first-order valence-corrected chi connectivity index (χ1v) is 13.8. The van der Waals surface area contributed by atoms with Crippen LogP contribution >= 0.6 is 0 Å². The second kappa shape index (κ2) is 9.91. The first-order valence-electron chi connectivity index (χ1n) is 12.1. The van der Waals surface area contributed by atoms with Gasteiger partial charge in [0, 0.05) is 11.1 Å². The van der Waals surface area contributed by atoms with Crippen molar-refractivity contribution >= 4 is 15.5 Å². The molecule has 2 aromatic heterocycles. The maximum absolute atomic E-state index is 12.2. The Morgan fingerprint density at radius 2 is 1.72 bits per heavy atom. The predicted molar refractivity (Wildman–Crippen MR) is 139 cm³/mol. The van der Waals surface area contributed by atoms with Crippen molar-refractivity contribution in [3.63, 3.8) is 0 Å². The van der Waals surface area contributed by atoms with Gasteiger partial charge in [-0.3, -0.25) is 0 Å². The number of rotatable bonds is 7. The van der Waals surface area contributed by atoms with Crippen LogP contribution in [0.15, 0.2) is 59.5 Å². The molecule has 1 aliphatic rings. The Morgan fingerprint density at radius 1 is 1.00 bits per heavy atom. The van der Waals surface area contributed by atoms with Crippen LogP contribution in [0.5, 0.6) is 11.5 Å². The van der Waals surface area contributed by atoms with Crippen molar-refractivity contribution in [2.45, 2.75) is 37.7 Å². The van der Waals surface area contributed by atoms with Crippen LogP contribution in [-0.2, 0) is 9.84 Å². The number of fused-ring (bicyclic) bond motifs is 1. The lowest BCUT2D eigenvalue weighted by atomic mass is 10.1. The molecule has 0 bridgehead atoms. The van der Waals surface area contributed by atoms with Gasteiger partial charge >= 0.3 is 0 Å². The Labute approximate surface area is 211 Å². The van der Waals surface area contributed by atoms with Crippen LogP contribution < -0.4 is 14.8 Å². The molecular formula is C27H30N4O4S. The largest absolute Gasteiger partial charge is 0.493 e. The van der Waals surface area contributed by atoms with Crippen molar-refractivity contribution in [1.29, 1.82) is 0 Å². The van der Waals surface area contributed by atoms with Gasteiger partial charge in [0.05, 0.1) is 34.8 Å². The monoisotopic (exact) mass is 506 g/mol. The van der Waals surface area contributed by atoms with E-state index in [9.17, 15) is 8.42 Å². The summed E-state index contributed by atoms with van der Waals surface area (Å²) in [5, 5.41) is 8.23. The van der Waals surface area contributed by atoms with Crippen LogP contribution in [0.1, 0.15) is 25.5 Å². The lowest BCUT2D eigenvalue weighted by Crippen LogP contribution is -2.34. The van der Waals surface area contributed by atoms with Crippen molar-refractivity contribution in [3.05, 3.63) is 60.3 Å². The summed E-state index contributed by atoms with van der Waals surface area (Å²) in [5.74, 6) is 1.47. The van der Waals surface area contributed by atoms with E-state index in [4.69, 9.17) is 14.6 Å². The van der Waals surface area contributed by atoms with Crippen molar-refractivity contribution < 1.29 is 17.9 Å². The molecular weight excluding hydrogens is 476 g/mol. The normalized spacial score (nSPS) is 14.8. The van der Waals surface area contributed by atoms with Gasteiger partial charge in [0.2, 0.25) is 0 Å². The number of sulfone groups is 1. The van der Waals surface area contributed by atoms with Crippen molar-refractivity contribution in [3.8, 4) is 34.0 Å². The second-order valence-electron chi connectivity index (χ2n) is 8.90. The second-order valence-corrected chi connectivity index (χ2v) is 11.2. The maximum atomic E-state index is 12.2. The van der Waals surface area contributed by atoms with Gasteiger partial charge in [-0.25, -0.2) is 17.9 Å². The topological polar surface area (TPSA) is 94.8 Å². The fourth-order valence-electron chi connectivity index (χ4n) is 4.53. The van der Waals surface area contributed by atoms with Crippen LogP contribution in [0.4, 0.5) is 0 Å². The van der Waals surface area contributed by atoms with E-state index in [0.717, 1.165) is 59.9 Å². The molecule has 5 rings (SSSR count). The number of methoxy groups -OCH3 is 1. The summed E-state index contributed by atoms with van der Waals surface area (Å²) in [6.45, 7) is 5.48. The first kappa shape index (κ1) is 24.3. The van der Waals surface area contributed by atoms with Gasteiger partial charge in [0.25, 0.3) is 0 Å². The van der Waals surface area contributed by atoms with E-state index < -0.39 is 9.84 Å². The fourth-order valence-corrected chi connectivity index (χ4v) is 5.42. The molecule has 36 heavy (non-hydrogen) atoms. The van der Waals surface area contributed by atoms with E-state index in [-0.39, 0.29) is 11.9 Å². The molecule has 8 nitrogen and oxygen atoms in total. The number of hydrogen-bond acceptors (Lipinski definition) is 7. The lowest BCUT2D eigenvalue weighted by Gasteiger charge is -2.24. The highest BCUT2D eigenvalue weighted by Crippen LogP contribution is 2.34. The smallest absolute Gasteiger partial charge is 0.178 e. The minimum absolute atomic E-state index is 0.0665. The number of nitrogens with zero attached hydrogens (tertiary/aromatic N) is 3. The Hall–Kier alpha value is -3.43. The minimum atomic E-state index is -3.26. The SMILES string of the molecule is CCS(=O)(=O)c1ccc(-c2c(C)nc3ccc(-c4ccc(OC5CCNCC5)c(OC)c4)nn23)cc1. The molecule has 4 aromatic rings. The quantitative estimate of drug-likeness (QED) is 0.399. The van der Waals surface area contributed by atoms with Gasteiger partial charge in [0.1, 0.15) is 6.10 Å². The fraction of sp³-hybridized carbons (Fsp3) is 0.333. The number of benzene rings is 2. The van der Waals surface area contributed by atoms with Crippen molar-refractivity contribution in [1.82, 2.24) is 19.9 Å². The lowest BCUT2D eigenvalue weighted by molar-refractivity contribution is 0.156. The summed E-state index contributed by atoms with van der Waals surface area (Å²) in [7, 11) is -1.62. The number of ether oxygens (including phenoxy) is 2. The molecule has 0 aliphatic carbocycles. The summed E-state index contributed by atoms with van der Waals surface area (Å²) >= 11 is 0. The molecule has 0 saturated carbocycles. The molecule has 3 heterocycles. The Bertz CT molecular complexity index is 1490. The summed E-state index contributed by atoms with van der Waals surface area (Å²) in [4.78, 5) is 4.97. The minimum Gasteiger partial charge on any atom is -0.493 e. The molecule has 0 radical (unpaired) electrons. The number of piperidine rings is 1. The zero-order valence-corrected chi connectivity index (χ0v) is 21.5. The molecule has 188 valence electrons. The molecule has 1 saturated heterocycles. The highest BCUT2D eigenvalue weighted by atomic mass is 32.2. The van der Waals surface area contributed by atoms with Gasteiger partial charge in [-0.15, -0.1) is 0 Å². The van der Waals surface area contributed by atoms with Gasteiger partial charge < -0.3 is 14.8 Å². The Kier molecular flexibility index (Phi) is 6.68. The summed E-state index contributed by atoms with van der Waals surface area (Å²) < 4.78 is 38.1. The zero-order valence-electron chi connectivity index (χ0n) is 20.7. The molecule has 1 N–H and O–H groups in total. The summed E-state index contributed by atoms with van der Waals surface area (Å²) in [5.41, 5.74) is 4.86. The van der Waals surface area contributed by atoms with E-state index in [2.05, 4.69) is 10.3 Å². The number of aryl methyl sites for hydroxylation is 1. The van der Waals surface area contributed by atoms with Gasteiger partial charge in [0.15, 0.2) is 27.0 Å². The van der Waals surface area contributed by atoms with Crippen LogP contribution in [-0.4, -0.2) is 55.1 Å². The van der Waals surface area contributed by atoms with E-state index in [1.807, 2.05) is 49.4 Å². The van der Waals surface area contributed by atoms with E-state index in [0.29, 0.717) is 16.3 Å². The average Bonchev–Trinajstić information content (AvgIpc) is 3.24. The van der Waals surface area contributed by atoms with Crippen LogP contribution in [0.25, 0.3) is 28.2 Å². The van der Waals surface area contributed by atoms with E-state index in [1.54, 1.807) is 30.7 Å². The molecule has 9 heteroatoms. The maximum Gasteiger partial charge on any atom is 0.178 e. The molecule has 0 amide bonds. The van der Waals surface area contributed by atoms with E-state index >= 15 is 0 Å². The summed E-state index contributed by atoms with van der Waals surface area (Å²) in [6, 6.07) is 16.6. The predicted octanol–water partition coefficient (Wildman–Crippen LogP) is 4.30. The average molecular weight is 507 g/mol. The third-order valence-corrected chi connectivity index (χ3v) is 8.31. The number of hydrogen-bond donors (Lipinski definition) is 1. The highest BCUT2D eigenvalue weighted by molar-refractivity contribution is 7.91. The van der Waals surface area contributed by atoms with Crippen LogP contribution in [0.2, 0.25) is 0 Å². The molecule has 0 atom stereocenters. The Morgan fingerprint density at radius 3 is 2.42 bits per heavy atom. The number of imidazole rings is 1. The van der Waals surface area contributed by atoms with E-state index in [1.165, 1.54) is 0 Å². The number of nitrogens with one attached hydrogen (secondary N) is 1. The summed E-state index contributed by atoms with van der Waals surface area (Å²) in [6.07, 6.45) is 2.12. The zero-order chi connectivity index (χ0) is 25.3. The van der Waals surface area contributed by atoms with Gasteiger partial charge in [-0.2, -0.15) is 5.10 Å². The van der Waals surface area contributed by atoms with Crippen LogP contribution in [0.3, 0.4) is 0 Å². The Balaban J connectivity index is 1.50. The molecule has 0 unspecified atom stereocenters. The highest BCUT2D eigenvalue weighted by Gasteiger charge is 2.19. The molecule has 0 spiro atoms. The standard InChI is InChI=1S/C27H30N4O4S/c1-4-36(32,33)22-8-5-19(6-9-22)27-18(2)29-26-12-10-23(30-31(26)27)20-7-11-24(25(17-20)34-3)35-21-13-15-28-16-14-21/h5-12,17,21,28H,4,13-16H2,1-3H3. The number of aromatic nitrogens is 3. The van der Waals surface area contributed by atoms with Crippen molar-refractivity contribution in [2.75, 3.05) is 26.0 Å². The van der Waals surface area contributed by atoms with Crippen molar-refractivity contribution in [2.24, 2.45) is 0 Å². The van der Waals surface area contributed by atoms with Gasteiger partial charge in [-0.05, 0) is 75.3 Å². The molecule has 1 fully saturated rings. The molecule has 2 aromatic carbocycles.